The summed E-state index contributed by atoms with van der Waals surface area (Å²) in [7, 11) is 7.76. The number of hydrogen-bond acceptors (Lipinski definition) is 5. The van der Waals surface area contributed by atoms with E-state index in [1.807, 2.05) is 43.5 Å². The monoisotopic (exact) mass is 422 g/mol. The van der Waals surface area contributed by atoms with Crippen molar-refractivity contribution in [2.24, 2.45) is 0 Å². The van der Waals surface area contributed by atoms with Crippen molar-refractivity contribution >= 4 is 36.4 Å². The van der Waals surface area contributed by atoms with Crippen molar-refractivity contribution in [3.05, 3.63) is 77.9 Å². The maximum Gasteiger partial charge on any atom is 0.259 e. The van der Waals surface area contributed by atoms with Gasteiger partial charge in [-0.2, -0.15) is 5.10 Å². The van der Waals surface area contributed by atoms with Crippen molar-refractivity contribution in [3.63, 3.8) is 0 Å². The highest BCUT2D eigenvalue weighted by Crippen LogP contribution is 2.35. The van der Waals surface area contributed by atoms with Gasteiger partial charge in [0, 0.05) is 31.7 Å². The second kappa shape index (κ2) is 8.11. The number of nitrogens with zero attached hydrogens (tertiary/aromatic N) is 6. The molecule has 0 N–H and O–H groups in total. The highest BCUT2D eigenvalue weighted by molar-refractivity contribution is 6.32. The molecule has 158 valence electrons. The Morgan fingerprint density at radius 1 is 1.19 bits per heavy atom. The summed E-state index contributed by atoms with van der Waals surface area (Å²) in [6, 6.07) is 13.9. The van der Waals surface area contributed by atoms with Gasteiger partial charge in [-0.25, -0.2) is 9.50 Å². The summed E-state index contributed by atoms with van der Waals surface area (Å²) in [5.74, 6) is 0.709. The van der Waals surface area contributed by atoms with E-state index in [1.165, 1.54) is 5.56 Å². The molecule has 1 unspecified atom stereocenters. The second-order valence-corrected chi connectivity index (χ2v) is 8.16. The minimum absolute atomic E-state index is 0.154. The van der Waals surface area contributed by atoms with Crippen LogP contribution in [0.25, 0.3) is 5.65 Å². The fraction of sp³-hybridized carbons (Fsp3) is 0.250. The zero-order valence-corrected chi connectivity index (χ0v) is 18.1. The van der Waals surface area contributed by atoms with Crippen LogP contribution in [0.1, 0.15) is 40.5 Å². The van der Waals surface area contributed by atoms with E-state index in [2.05, 4.69) is 21.0 Å². The van der Waals surface area contributed by atoms with Gasteiger partial charge in [0.05, 0.1) is 17.8 Å². The smallest absolute Gasteiger partial charge is 0.259 e. The van der Waals surface area contributed by atoms with Gasteiger partial charge < -0.3 is 9.80 Å². The predicted molar refractivity (Wildman–Crippen MR) is 126 cm³/mol. The average Bonchev–Trinajstić information content (AvgIpc) is 3.45. The molecular formula is C24H23BN6O. The minimum Gasteiger partial charge on any atom is -0.349 e. The number of aromatic nitrogens is 4. The van der Waals surface area contributed by atoms with Gasteiger partial charge in [0.2, 0.25) is 0 Å². The predicted octanol–water partition coefficient (Wildman–Crippen LogP) is 2.84. The van der Waals surface area contributed by atoms with Gasteiger partial charge in [0.25, 0.3) is 5.91 Å². The third-order valence-electron chi connectivity index (χ3n) is 6.00. The van der Waals surface area contributed by atoms with Crippen LogP contribution in [-0.4, -0.2) is 46.9 Å². The Kier molecular flexibility index (Phi) is 5.13. The molecule has 1 saturated heterocycles. The van der Waals surface area contributed by atoms with Crippen molar-refractivity contribution in [1.29, 1.82) is 0 Å². The number of fused-ring (bicyclic) bond motifs is 1. The van der Waals surface area contributed by atoms with E-state index in [4.69, 9.17) is 12.8 Å². The lowest BCUT2D eigenvalue weighted by atomic mass is 9.92. The Bertz CT molecular complexity index is 1290. The molecule has 1 fully saturated rings. The van der Waals surface area contributed by atoms with Gasteiger partial charge in [-0.1, -0.05) is 29.7 Å². The number of aryl methyl sites for hydroxylation is 1. The lowest BCUT2D eigenvalue weighted by molar-refractivity contribution is 0.0993. The quantitative estimate of drug-likeness (QED) is 0.474. The van der Waals surface area contributed by atoms with Crippen LogP contribution in [0, 0.1) is 6.92 Å². The molecule has 0 saturated carbocycles. The molecule has 1 amide bonds. The van der Waals surface area contributed by atoms with Crippen LogP contribution in [-0.2, 0) is 0 Å². The number of pyridine rings is 1. The molecule has 2 radical (unpaired) electrons. The van der Waals surface area contributed by atoms with E-state index >= 15 is 0 Å². The molecular weight excluding hydrogens is 399 g/mol. The molecule has 7 nitrogen and oxygen atoms in total. The van der Waals surface area contributed by atoms with Gasteiger partial charge in [-0.15, -0.1) is 0 Å². The maximum absolute atomic E-state index is 13.0. The summed E-state index contributed by atoms with van der Waals surface area (Å²) in [6.07, 6.45) is 7.28. The van der Waals surface area contributed by atoms with Crippen LogP contribution in [0.4, 0.5) is 11.5 Å². The molecule has 0 spiro atoms. The molecule has 4 heterocycles. The van der Waals surface area contributed by atoms with Gasteiger partial charge >= 0.3 is 0 Å². The average molecular weight is 422 g/mol. The molecule has 4 aromatic rings. The number of carbonyl (C=O) groups is 1. The van der Waals surface area contributed by atoms with Crippen molar-refractivity contribution < 1.29 is 4.79 Å². The highest BCUT2D eigenvalue weighted by atomic mass is 16.2. The molecule has 32 heavy (non-hydrogen) atoms. The fourth-order valence-corrected chi connectivity index (χ4v) is 4.29. The van der Waals surface area contributed by atoms with Gasteiger partial charge in [-0.05, 0) is 43.5 Å². The largest absolute Gasteiger partial charge is 0.349 e. The van der Waals surface area contributed by atoms with Gasteiger partial charge in [-0.3, -0.25) is 9.78 Å². The number of amides is 1. The van der Waals surface area contributed by atoms with Crippen molar-refractivity contribution in [1.82, 2.24) is 19.6 Å². The second-order valence-electron chi connectivity index (χ2n) is 8.16. The SMILES string of the molecule is [B]c1cccc(C2CCCN2c2ccn3ncc(N(C)C(=O)c4ccc(C)nc4)c3n2)c1. The summed E-state index contributed by atoms with van der Waals surface area (Å²) in [6.45, 7) is 2.81. The van der Waals surface area contributed by atoms with Gasteiger partial charge in [0.1, 0.15) is 19.4 Å². The van der Waals surface area contributed by atoms with Gasteiger partial charge in [0.15, 0.2) is 5.65 Å². The zero-order valence-electron chi connectivity index (χ0n) is 18.1. The molecule has 1 aliphatic heterocycles. The standard InChI is InChI=1S/C24H23BN6O/c1-16-8-9-18(14-26-16)24(32)29(2)21-15-27-31-12-10-22(28-23(21)31)30-11-4-7-20(30)17-5-3-6-19(25)13-17/h3,5-6,8-10,12-15,20H,4,7,11H2,1-2H3. The number of hydrogen-bond donors (Lipinski definition) is 0. The molecule has 1 aliphatic rings. The van der Waals surface area contributed by atoms with Crippen LogP contribution < -0.4 is 15.3 Å². The summed E-state index contributed by atoms with van der Waals surface area (Å²) in [5, 5.41) is 4.40. The first kappa shape index (κ1) is 20.2. The van der Waals surface area contributed by atoms with E-state index in [9.17, 15) is 4.79 Å². The molecule has 5 rings (SSSR count). The van der Waals surface area contributed by atoms with Crippen LogP contribution in [0.15, 0.2) is 61.1 Å². The van der Waals surface area contributed by atoms with Crippen molar-refractivity contribution in [2.75, 3.05) is 23.4 Å². The summed E-state index contributed by atoms with van der Waals surface area (Å²) >= 11 is 0. The van der Waals surface area contributed by atoms with E-state index in [0.717, 1.165) is 36.4 Å². The van der Waals surface area contributed by atoms with E-state index in [1.54, 1.807) is 34.9 Å². The van der Waals surface area contributed by atoms with Crippen LogP contribution >= 0.6 is 0 Å². The molecule has 3 aromatic heterocycles. The number of carbonyl (C=O) groups excluding carboxylic acids is 1. The summed E-state index contributed by atoms with van der Waals surface area (Å²) in [5.41, 5.74) is 4.63. The molecule has 0 bridgehead atoms. The fourth-order valence-electron chi connectivity index (χ4n) is 4.29. The summed E-state index contributed by atoms with van der Waals surface area (Å²) in [4.78, 5) is 26.0. The number of rotatable bonds is 4. The molecule has 1 atom stereocenters. The zero-order chi connectivity index (χ0) is 22.2. The van der Waals surface area contributed by atoms with E-state index in [0.29, 0.717) is 16.9 Å². The van der Waals surface area contributed by atoms with Crippen LogP contribution in [0.2, 0.25) is 0 Å². The molecule has 8 heteroatoms. The minimum atomic E-state index is -0.154. The Morgan fingerprint density at radius 2 is 2.06 bits per heavy atom. The van der Waals surface area contributed by atoms with E-state index in [-0.39, 0.29) is 11.9 Å². The third kappa shape index (κ3) is 3.62. The van der Waals surface area contributed by atoms with E-state index < -0.39 is 0 Å². The number of anilines is 2. The molecule has 1 aromatic carbocycles. The highest BCUT2D eigenvalue weighted by Gasteiger charge is 2.28. The van der Waals surface area contributed by atoms with Crippen LogP contribution in [0.3, 0.4) is 0 Å². The van der Waals surface area contributed by atoms with Crippen LogP contribution in [0.5, 0.6) is 0 Å². The third-order valence-corrected chi connectivity index (χ3v) is 6.00. The Morgan fingerprint density at radius 3 is 2.84 bits per heavy atom. The van der Waals surface area contributed by atoms with Crippen molar-refractivity contribution in [3.8, 4) is 0 Å². The maximum atomic E-state index is 13.0. The first-order valence-corrected chi connectivity index (χ1v) is 10.7. The first-order valence-electron chi connectivity index (χ1n) is 10.7. The Labute approximate surface area is 188 Å². The Hall–Kier alpha value is -3.68. The summed E-state index contributed by atoms with van der Waals surface area (Å²) < 4.78 is 1.70. The normalized spacial score (nSPS) is 15.9. The Balaban J connectivity index is 1.48. The lowest BCUT2D eigenvalue weighted by Crippen LogP contribution is -2.27. The lowest BCUT2D eigenvalue weighted by Gasteiger charge is -2.26. The van der Waals surface area contributed by atoms with Crippen molar-refractivity contribution in [2.45, 2.75) is 25.8 Å². The molecule has 0 aliphatic carbocycles. The number of benzene rings is 1. The topological polar surface area (TPSA) is 66.6 Å². The first-order chi connectivity index (χ1) is 15.5.